The van der Waals surface area contributed by atoms with E-state index in [0.29, 0.717) is 0 Å². The first-order valence-corrected chi connectivity index (χ1v) is 8.89. The van der Waals surface area contributed by atoms with E-state index in [-0.39, 0.29) is 23.5 Å². The fourth-order valence-corrected chi connectivity index (χ4v) is 3.69. The molecule has 146 valence electrons. The van der Waals surface area contributed by atoms with E-state index < -0.39 is 28.3 Å². The molecule has 0 bridgehead atoms. The van der Waals surface area contributed by atoms with Crippen LogP contribution in [0.5, 0.6) is 0 Å². The lowest BCUT2D eigenvalue weighted by Crippen LogP contribution is -2.43. The Hall–Kier alpha value is -2.23. The number of ether oxygens (including phenoxy) is 1. The van der Waals surface area contributed by atoms with E-state index in [0.717, 1.165) is 11.8 Å². The number of halogens is 3. The molecule has 2 N–H and O–H groups in total. The predicted octanol–water partition coefficient (Wildman–Crippen LogP) is 3.53. The maximum absolute atomic E-state index is 12.9. The van der Waals surface area contributed by atoms with E-state index in [1.54, 1.807) is 36.4 Å². The van der Waals surface area contributed by atoms with Gasteiger partial charge in [0.1, 0.15) is 6.61 Å². The lowest BCUT2D eigenvalue weighted by molar-refractivity contribution is -0.727. The molecular weight excluding hydrogens is 383 g/mol. The Morgan fingerprint density at radius 3 is 2.07 bits per heavy atom. The quantitative estimate of drug-likeness (QED) is 0.233. The molecule has 2 aromatic rings. The van der Waals surface area contributed by atoms with E-state index in [1.807, 2.05) is 0 Å². The highest BCUT2D eigenvalue weighted by Crippen LogP contribution is 2.42. The number of hydrogen-bond donors (Lipinski definition) is 2. The van der Waals surface area contributed by atoms with Crippen molar-refractivity contribution in [1.82, 2.24) is 0 Å². The second-order valence-electron chi connectivity index (χ2n) is 5.45. The average molecular weight is 401 g/mol. The third kappa shape index (κ3) is 5.38. The Bertz CT molecular complexity index is 752. The molecule has 0 radical (unpaired) electrons. The van der Waals surface area contributed by atoms with Crippen molar-refractivity contribution in [2.24, 2.45) is 0 Å². The lowest BCUT2D eigenvalue weighted by atomic mass is 9.98. The maximum Gasteiger partial charge on any atom is 0.411 e. The standard InChI is InChI=1S/C18H18F3NO4S/c19-17(20,21)13-26-18(27-12-11-23,15-9-5-2-6-10-15)16(22(24)25)14-7-3-1-4-8-14/h1-10,23H,11-13H2,(H,24,25). The van der Waals surface area contributed by atoms with Gasteiger partial charge in [-0.05, 0) is 12.1 Å². The smallest absolute Gasteiger partial charge is 0.411 e. The Kier molecular flexibility index (Phi) is 7.11. The third-order valence-corrected chi connectivity index (χ3v) is 4.88. The molecular formula is C18H18F3NO4S. The van der Waals surface area contributed by atoms with Crippen LogP contribution in [0.4, 0.5) is 13.2 Å². The number of rotatable bonds is 8. The summed E-state index contributed by atoms with van der Waals surface area (Å²) in [5, 5.41) is 31.1. The maximum atomic E-state index is 12.9. The Morgan fingerprint density at radius 2 is 1.59 bits per heavy atom. The summed E-state index contributed by atoms with van der Waals surface area (Å²) in [5.74, 6) is -0.0308. The number of hydrogen-bond acceptors (Lipinski definition) is 5. The largest absolute Gasteiger partial charge is 0.417 e. The van der Waals surface area contributed by atoms with Gasteiger partial charge in [-0.1, -0.05) is 48.5 Å². The predicted molar refractivity (Wildman–Crippen MR) is 95.6 cm³/mol. The molecule has 2 aromatic carbocycles. The molecule has 0 heterocycles. The Morgan fingerprint density at radius 1 is 1.04 bits per heavy atom. The SMILES string of the molecule is [O-][N+](O)=C(c1ccccc1)C(OCC(F)(F)F)(SCCO)c1ccccc1. The van der Waals surface area contributed by atoms with Gasteiger partial charge in [0.2, 0.25) is 4.93 Å². The summed E-state index contributed by atoms with van der Waals surface area (Å²) >= 11 is 0.783. The zero-order valence-corrected chi connectivity index (χ0v) is 14.9. The van der Waals surface area contributed by atoms with Crippen molar-refractivity contribution in [2.75, 3.05) is 19.0 Å². The zero-order chi connectivity index (χ0) is 19.9. The zero-order valence-electron chi connectivity index (χ0n) is 14.1. The minimum atomic E-state index is -4.66. The van der Waals surface area contributed by atoms with Crippen LogP contribution in [0, 0.1) is 5.21 Å². The molecule has 1 atom stereocenters. The Labute approximate surface area is 158 Å². The van der Waals surface area contributed by atoms with Crippen molar-refractivity contribution >= 4 is 17.5 Å². The van der Waals surface area contributed by atoms with Crippen LogP contribution in [0.3, 0.4) is 0 Å². The highest BCUT2D eigenvalue weighted by atomic mass is 32.2. The van der Waals surface area contributed by atoms with E-state index in [9.17, 15) is 28.7 Å². The van der Waals surface area contributed by atoms with Crippen molar-refractivity contribution in [3.8, 4) is 0 Å². The summed E-state index contributed by atoms with van der Waals surface area (Å²) in [6.07, 6.45) is -4.66. The molecule has 0 saturated heterocycles. The van der Waals surface area contributed by atoms with Crippen molar-refractivity contribution in [3.63, 3.8) is 0 Å². The summed E-state index contributed by atoms with van der Waals surface area (Å²) < 4.78 is 44.1. The molecule has 27 heavy (non-hydrogen) atoms. The highest BCUT2D eigenvalue weighted by Gasteiger charge is 2.49. The summed E-state index contributed by atoms with van der Waals surface area (Å²) in [4.78, 5) is -2.47. The number of alkyl halides is 3. The van der Waals surface area contributed by atoms with Gasteiger partial charge in [-0.2, -0.15) is 13.2 Å². The second-order valence-corrected chi connectivity index (χ2v) is 6.72. The number of aliphatic hydroxyl groups excluding tert-OH is 1. The Balaban J connectivity index is 2.69. The average Bonchev–Trinajstić information content (AvgIpc) is 2.64. The number of nitrogens with zero attached hydrogens (tertiary/aromatic N) is 1. The van der Waals surface area contributed by atoms with Gasteiger partial charge in [-0.15, -0.1) is 11.8 Å². The molecule has 1 unspecified atom stereocenters. The normalized spacial score (nSPS) is 15.1. The number of benzene rings is 2. The van der Waals surface area contributed by atoms with Crippen LogP contribution in [-0.2, 0) is 9.67 Å². The van der Waals surface area contributed by atoms with E-state index in [4.69, 9.17) is 4.74 Å². The van der Waals surface area contributed by atoms with Gasteiger partial charge in [0.05, 0.1) is 12.2 Å². The van der Waals surface area contributed by atoms with Crippen LogP contribution in [0.2, 0.25) is 0 Å². The van der Waals surface area contributed by atoms with E-state index in [1.165, 1.54) is 24.3 Å². The molecule has 0 aliphatic heterocycles. The fraction of sp³-hybridized carbons (Fsp3) is 0.278. The van der Waals surface area contributed by atoms with Crippen molar-refractivity contribution < 1.29 is 33.1 Å². The van der Waals surface area contributed by atoms with Crippen LogP contribution in [0.25, 0.3) is 0 Å². The lowest BCUT2D eigenvalue weighted by Gasteiger charge is -2.32. The van der Waals surface area contributed by atoms with Crippen LogP contribution in [-0.4, -0.2) is 46.1 Å². The van der Waals surface area contributed by atoms with Gasteiger partial charge in [-0.25, -0.2) is 0 Å². The van der Waals surface area contributed by atoms with Gasteiger partial charge in [-0.3, -0.25) is 5.21 Å². The topological polar surface area (TPSA) is 75.8 Å². The summed E-state index contributed by atoms with van der Waals surface area (Å²) in [7, 11) is 0. The van der Waals surface area contributed by atoms with Crippen LogP contribution in [0.15, 0.2) is 60.7 Å². The van der Waals surface area contributed by atoms with Crippen molar-refractivity contribution in [2.45, 2.75) is 11.1 Å². The monoisotopic (exact) mass is 401 g/mol. The van der Waals surface area contributed by atoms with E-state index in [2.05, 4.69) is 0 Å². The molecule has 0 aliphatic carbocycles. The first kappa shape index (κ1) is 21.1. The molecule has 0 aliphatic rings. The first-order chi connectivity index (χ1) is 12.8. The summed E-state index contributed by atoms with van der Waals surface area (Å²) in [6, 6.07) is 15.6. The molecule has 2 rings (SSSR count). The molecule has 0 fully saturated rings. The number of aliphatic hydroxyl groups is 1. The van der Waals surface area contributed by atoms with Crippen molar-refractivity contribution in [3.05, 3.63) is 77.0 Å². The fourth-order valence-electron chi connectivity index (χ4n) is 2.53. The first-order valence-electron chi connectivity index (χ1n) is 7.90. The van der Waals surface area contributed by atoms with Crippen molar-refractivity contribution in [1.29, 1.82) is 0 Å². The summed E-state index contributed by atoms with van der Waals surface area (Å²) in [5.41, 5.74) is -0.00933. The second kappa shape index (κ2) is 9.12. The molecule has 0 saturated carbocycles. The van der Waals surface area contributed by atoms with Gasteiger partial charge < -0.3 is 15.1 Å². The van der Waals surface area contributed by atoms with Gasteiger partial charge in [0, 0.05) is 16.2 Å². The molecule has 0 spiro atoms. The number of thioether (sulfide) groups is 1. The van der Waals surface area contributed by atoms with Crippen LogP contribution >= 0.6 is 11.8 Å². The van der Waals surface area contributed by atoms with Gasteiger partial charge in [0.15, 0.2) is 0 Å². The third-order valence-electron chi connectivity index (χ3n) is 3.54. The van der Waals surface area contributed by atoms with Gasteiger partial charge >= 0.3 is 6.18 Å². The van der Waals surface area contributed by atoms with Gasteiger partial charge in [0.25, 0.3) is 5.71 Å². The van der Waals surface area contributed by atoms with Crippen LogP contribution in [0.1, 0.15) is 11.1 Å². The molecule has 0 amide bonds. The molecule has 9 heteroatoms. The molecule has 5 nitrogen and oxygen atoms in total. The molecule has 0 aromatic heterocycles. The minimum absolute atomic E-state index is 0.0308. The summed E-state index contributed by atoms with van der Waals surface area (Å²) in [6.45, 7) is -2.01. The minimum Gasteiger partial charge on any atom is -0.417 e. The van der Waals surface area contributed by atoms with E-state index >= 15 is 0 Å². The van der Waals surface area contributed by atoms with Crippen LogP contribution < -0.4 is 0 Å². The highest BCUT2D eigenvalue weighted by molar-refractivity contribution is 8.00.